The molecule has 0 aromatic heterocycles. The number of amides is 1. The van der Waals surface area contributed by atoms with Gasteiger partial charge in [-0.2, -0.15) is 0 Å². The molecule has 0 unspecified atom stereocenters. The summed E-state index contributed by atoms with van der Waals surface area (Å²) in [4.78, 5) is 12.4. The van der Waals surface area contributed by atoms with Crippen LogP contribution in [0.4, 0.5) is 0 Å². The minimum absolute atomic E-state index is 0.0575. The summed E-state index contributed by atoms with van der Waals surface area (Å²) >= 11 is 5.89. The monoisotopic (exact) mass is 313 g/mol. The molecule has 4 aliphatic rings. The van der Waals surface area contributed by atoms with Gasteiger partial charge in [0.05, 0.1) is 23.9 Å². The molecule has 4 nitrogen and oxygen atoms in total. The number of hydrogen-bond acceptors (Lipinski definition) is 3. The van der Waals surface area contributed by atoms with Crippen molar-refractivity contribution in [3.63, 3.8) is 0 Å². The molecule has 2 aliphatic heterocycles. The molecule has 7 atom stereocenters. The summed E-state index contributed by atoms with van der Waals surface area (Å²) in [6.45, 7) is 2.16. The topological polar surface area (TPSA) is 61.9 Å². The number of carbonyl (C=O) groups is 1. The first-order valence-electron chi connectivity index (χ1n) is 8.25. The minimum Gasteiger partial charge on any atom is -0.390 e. The fourth-order valence-corrected chi connectivity index (χ4v) is 5.60. The van der Waals surface area contributed by atoms with Gasteiger partial charge in [-0.3, -0.25) is 4.79 Å². The van der Waals surface area contributed by atoms with E-state index in [9.17, 15) is 9.90 Å². The van der Waals surface area contributed by atoms with Crippen molar-refractivity contribution >= 4 is 17.5 Å². The molecular formula is C16H24ClNO3. The van der Waals surface area contributed by atoms with Crippen molar-refractivity contribution in [2.24, 2.45) is 17.3 Å². The van der Waals surface area contributed by atoms with Gasteiger partial charge in [0.15, 0.2) is 0 Å². The van der Waals surface area contributed by atoms with E-state index in [0.29, 0.717) is 18.4 Å². The van der Waals surface area contributed by atoms with Crippen LogP contribution in [-0.2, 0) is 9.53 Å². The molecule has 0 radical (unpaired) electrons. The number of aliphatic hydroxyl groups excluding tert-OH is 1. The van der Waals surface area contributed by atoms with E-state index < -0.39 is 11.6 Å². The second-order valence-electron chi connectivity index (χ2n) is 7.59. The van der Waals surface area contributed by atoms with E-state index in [0.717, 1.165) is 32.1 Å². The van der Waals surface area contributed by atoms with Gasteiger partial charge in [-0.25, -0.2) is 0 Å². The van der Waals surface area contributed by atoms with Crippen LogP contribution in [0.1, 0.15) is 45.4 Å². The first-order valence-corrected chi connectivity index (χ1v) is 8.78. The second kappa shape index (κ2) is 4.59. The number of epoxide rings is 1. The van der Waals surface area contributed by atoms with Gasteiger partial charge in [0.2, 0.25) is 5.91 Å². The molecule has 2 aliphatic carbocycles. The molecular weight excluding hydrogens is 290 g/mol. The second-order valence-corrected chi connectivity index (χ2v) is 7.97. The fourth-order valence-electron chi connectivity index (χ4n) is 5.38. The van der Waals surface area contributed by atoms with Gasteiger partial charge in [0, 0.05) is 23.1 Å². The van der Waals surface area contributed by atoms with Crippen LogP contribution in [0.15, 0.2) is 0 Å². The Balaban J connectivity index is 1.60. The first kappa shape index (κ1) is 14.3. The van der Waals surface area contributed by atoms with Crippen LogP contribution in [0.3, 0.4) is 0 Å². The van der Waals surface area contributed by atoms with Crippen molar-refractivity contribution in [2.45, 2.75) is 69.3 Å². The SMILES string of the molecule is C[C@@]12CC[C@]1([C@@H](O)[C@H]1CCC[C@@H]3O[C@H]13)NC(=O)[C@@H]2CCCl. The Kier molecular flexibility index (Phi) is 3.12. The number of fused-ring (bicyclic) bond motifs is 2. The molecule has 118 valence electrons. The van der Waals surface area contributed by atoms with E-state index in [1.54, 1.807) is 0 Å². The summed E-state index contributed by atoms with van der Waals surface area (Å²) in [5, 5.41) is 14.3. The Bertz CT molecular complexity index is 472. The van der Waals surface area contributed by atoms with Crippen molar-refractivity contribution in [3.8, 4) is 0 Å². The highest BCUT2D eigenvalue weighted by Gasteiger charge is 2.71. The third-order valence-electron chi connectivity index (χ3n) is 6.87. The van der Waals surface area contributed by atoms with Crippen molar-refractivity contribution in [1.82, 2.24) is 5.32 Å². The first-order chi connectivity index (χ1) is 10.0. The van der Waals surface area contributed by atoms with Gasteiger partial charge in [-0.05, 0) is 32.1 Å². The lowest BCUT2D eigenvalue weighted by molar-refractivity contribution is -0.123. The number of aliphatic hydroxyl groups is 1. The van der Waals surface area contributed by atoms with E-state index >= 15 is 0 Å². The highest BCUT2D eigenvalue weighted by atomic mass is 35.5. The van der Waals surface area contributed by atoms with Crippen LogP contribution >= 0.6 is 11.6 Å². The molecule has 21 heavy (non-hydrogen) atoms. The Morgan fingerprint density at radius 1 is 1.48 bits per heavy atom. The average molecular weight is 314 g/mol. The largest absolute Gasteiger partial charge is 0.390 e. The zero-order valence-electron chi connectivity index (χ0n) is 12.5. The van der Waals surface area contributed by atoms with Crippen molar-refractivity contribution < 1.29 is 14.6 Å². The number of halogens is 1. The van der Waals surface area contributed by atoms with E-state index in [4.69, 9.17) is 16.3 Å². The van der Waals surface area contributed by atoms with Crippen LogP contribution in [0, 0.1) is 17.3 Å². The Morgan fingerprint density at radius 2 is 2.29 bits per heavy atom. The summed E-state index contributed by atoms with van der Waals surface area (Å²) in [6, 6.07) is 0. The van der Waals surface area contributed by atoms with Gasteiger partial charge < -0.3 is 15.2 Å². The maximum atomic E-state index is 12.4. The highest BCUT2D eigenvalue weighted by molar-refractivity contribution is 6.18. The van der Waals surface area contributed by atoms with E-state index in [2.05, 4.69) is 12.2 Å². The van der Waals surface area contributed by atoms with Crippen molar-refractivity contribution in [1.29, 1.82) is 0 Å². The maximum Gasteiger partial charge on any atom is 0.224 e. The lowest BCUT2D eigenvalue weighted by Crippen LogP contribution is -2.69. The lowest BCUT2D eigenvalue weighted by atomic mass is 9.49. The number of nitrogens with one attached hydrogen (secondary N) is 1. The molecule has 0 aromatic carbocycles. The number of ether oxygens (including phenoxy) is 1. The standard InChI is InChI=1S/C16H24ClNO3/c1-15-6-7-16(15,18-14(20)10(15)5-8-17)13(19)9-3-2-4-11-12(9)21-11/h9-13,19H,2-8H2,1H3,(H,18,20)/t9-,10-,11-,12+,13-,15-,16+/m0/s1. The lowest BCUT2D eigenvalue weighted by Gasteiger charge is -2.58. The van der Waals surface area contributed by atoms with Gasteiger partial charge >= 0.3 is 0 Å². The minimum atomic E-state index is -0.490. The van der Waals surface area contributed by atoms with Gasteiger partial charge in [0.1, 0.15) is 0 Å². The normalized spacial score (nSPS) is 52.4. The van der Waals surface area contributed by atoms with Crippen molar-refractivity contribution in [3.05, 3.63) is 0 Å². The Labute approximate surface area is 130 Å². The maximum absolute atomic E-state index is 12.4. The molecule has 2 saturated heterocycles. The zero-order valence-corrected chi connectivity index (χ0v) is 13.2. The molecule has 5 heteroatoms. The molecule has 2 N–H and O–H groups in total. The molecule has 0 aromatic rings. The van der Waals surface area contributed by atoms with Crippen LogP contribution in [-0.4, -0.2) is 40.7 Å². The highest BCUT2D eigenvalue weighted by Crippen LogP contribution is 2.63. The Morgan fingerprint density at radius 3 is 2.95 bits per heavy atom. The predicted molar refractivity (Wildman–Crippen MR) is 79.1 cm³/mol. The zero-order chi connectivity index (χ0) is 14.8. The summed E-state index contributed by atoms with van der Waals surface area (Å²) < 4.78 is 5.72. The molecule has 2 heterocycles. The average Bonchev–Trinajstić information content (AvgIpc) is 3.23. The Hall–Kier alpha value is -0.320. The number of hydrogen-bond donors (Lipinski definition) is 2. The molecule has 2 saturated carbocycles. The van der Waals surface area contributed by atoms with E-state index in [-0.39, 0.29) is 29.3 Å². The number of alkyl halides is 1. The van der Waals surface area contributed by atoms with Gasteiger partial charge in [0.25, 0.3) is 0 Å². The number of carbonyl (C=O) groups excluding carboxylic acids is 1. The predicted octanol–water partition coefficient (Wildman–Crippen LogP) is 1.83. The third-order valence-corrected chi connectivity index (χ3v) is 7.09. The van der Waals surface area contributed by atoms with Crippen LogP contribution in [0.25, 0.3) is 0 Å². The molecule has 0 spiro atoms. The molecule has 1 amide bonds. The van der Waals surface area contributed by atoms with E-state index in [1.807, 2.05) is 0 Å². The van der Waals surface area contributed by atoms with Gasteiger partial charge in [-0.15, -0.1) is 11.6 Å². The molecule has 0 bridgehead atoms. The summed E-state index contributed by atoms with van der Waals surface area (Å²) in [5.74, 6) is 0.701. The van der Waals surface area contributed by atoms with Gasteiger partial charge in [-0.1, -0.05) is 13.3 Å². The van der Waals surface area contributed by atoms with Crippen molar-refractivity contribution in [2.75, 3.05) is 5.88 Å². The fraction of sp³-hybridized carbons (Fsp3) is 0.938. The smallest absolute Gasteiger partial charge is 0.224 e. The van der Waals surface area contributed by atoms with E-state index in [1.165, 1.54) is 0 Å². The van der Waals surface area contributed by atoms with Crippen LogP contribution in [0.2, 0.25) is 0 Å². The quantitative estimate of drug-likeness (QED) is 0.615. The number of rotatable bonds is 4. The molecule has 4 rings (SSSR count). The summed E-state index contributed by atoms with van der Waals surface area (Å²) in [5.41, 5.74) is -0.598. The van der Waals surface area contributed by atoms with Crippen LogP contribution < -0.4 is 5.32 Å². The summed E-state index contributed by atoms with van der Waals surface area (Å²) in [6.07, 6.45) is 5.91. The third kappa shape index (κ3) is 1.73. The molecule has 4 fully saturated rings. The summed E-state index contributed by atoms with van der Waals surface area (Å²) in [7, 11) is 0. The van der Waals surface area contributed by atoms with Crippen LogP contribution in [0.5, 0.6) is 0 Å².